The van der Waals surface area contributed by atoms with Crippen LogP contribution >= 0.6 is 0 Å². The summed E-state index contributed by atoms with van der Waals surface area (Å²) in [7, 11) is 0. The van der Waals surface area contributed by atoms with Crippen molar-refractivity contribution in [3.8, 4) is 5.75 Å². The summed E-state index contributed by atoms with van der Waals surface area (Å²) in [5.41, 5.74) is 2.35. The molecule has 0 amide bonds. The number of fused-ring (bicyclic) bond motifs is 1. The van der Waals surface area contributed by atoms with E-state index in [1.807, 2.05) is 64.1 Å². The average Bonchev–Trinajstić information content (AvgIpc) is 2.63. The highest BCUT2D eigenvalue weighted by Crippen LogP contribution is 2.44. The highest BCUT2D eigenvalue weighted by Gasteiger charge is 2.47. The number of anilines is 1. The Hall–Kier alpha value is -2.53. The molecule has 5 heteroatoms. The fraction of sp³-hybridized carbons (Fsp3) is 0.435. The smallest absolute Gasteiger partial charge is 0.303 e. The minimum atomic E-state index is -0.697. The third-order valence-corrected chi connectivity index (χ3v) is 4.70. The van der Waals surface area contributed by atoms with Crippen molar-refractivity contribution in [3.05, 3.63) is 59.7 Å². The van der Waals surface area contributed by atoms with Crippen LogP contribution in [0.4, 0.5) is 5.69 Å². The summed E-state index contributed by atoms with van der Waals surface area (Å²) < 4.78 is 18.0. The molecule has 1 aliphatic heterocycles. The van der Waals surface area contributed by atoms with Crippen molar-refractivity contribution in [3.63, 3.8) is 0 Å². The van der Waals surface area contributed by atoms with Crippen LogP contribution in [0.25, 0.3) is 0 Å². The molecular formula is C23H29NO4. The maximum atomic E-state index is 11.7. The normalized spacial score (nSPS) is 20.2. The molecule has 0 aliphatic carbocycles. The van der Waals surface area contributed by atoms with Gasteiger partial charge in [-0.2, -0.15) is 0 Å². The lowest BCUT2D eigenvalue weighted by atomic mass is 9.87. The summed E-state index contributed by atoms with van der Waals surface area (Å²) in [6.07, 6.45) is -0.962. The first-order chi connectivity index (χ1) is 13.3. The van der Waals surface area contributed by atoms with E-state index in [2.05, 4.69) is 17.4 Å². The number of hydrogen-bond acceptors (Lipinski definition) is 5. The zero-order valence-corrected chi connectivity index (χ0v) is 17.2. The topological polar surface area (TPSA) is 56.8 Å². The lowest BCUT2D eigenvalue weighted by Gasteiger charge is -2.44. The van der Waals surface area contributed by atoms with Gasteiger partial charge in [0.15, 0.2) is 6.10 Å². The molecule has 28 heavy (non-hydrogen) atoms. The van der Waals surface area contributed by atoms with Crippen molar-refractivity contribution in [1.82, 2.24) is 0 Å². The second-order valence-electron chi connectivity index (χ2n) is 7.93. The second kappa shape index (κ2) is 8.23. The molecule has 5 nitrogen and oxygen atoms in total. The Balaban J connectivity index is 1.90. The Bertz CT molecular complexity index is 817. The van der Waals surface area contributed by atoms with Gasteiger partial charge in [0.2, 0.25) is 0 Å². The fourth-order valence-corrected chi connectivity index (χ4v) is 3.46. The van der Waals surface area contributed by atoms with Crippen LogP contribution in [0.1, 0.15) is 51.8 Å². The van der Waals surface area contributed by atoms with Gasteiger partial charge in [-0.05, 0) is 51.5 Å². The number of esters is 1. The molecule has 1 heterocycles. The Morgan fingerprint density at radius 1 is 1.18 bits per heavy atom. The third-order valence-electron chi connectivity index (χ3n) is 4.70. The first-order valence-corrected chi connectivity index (χ1v) is 9.69. The van der Waals surface area contributed by atoms with Gasteiger partial charge < -0.3 is 19.5 Å². The molecule has 2 aromatic carbocycles. The van der Waals surface area contributed by atoms with E-state index in [-0.39, 0.29) is 12.1 Å². The molecule has 0 aromatic heterocycles. The number of carbonyl (C=O) groups excluding carboxylic acids is 1. The van der Waals surface area contributed by atoms with Crippen molar-refractivity contribution in [2.75, 3.05) is 5.32 Å². The van der Waals surface area contributed by atoms with E-state index >= 15 is 0 Å². The number of nitrogens with one attached hydrogen (secondary N) is 1. The number of benzene rings is 2. The van der Waals surface area contributed by atoms with Crippen LogP contribution in [-0.4, -0.2) is 23.8 Å². The largest absolute Gasteiger partial charge is 0.483 e. The molecule has 0 radical (unpaired) electrons. The van der Waals surface area contributed by atoms with E-state index in [1.165, 1.54) is 12.5 Å². The van der Waals surface area contributed by atoms with Gasteiger partial charge in [0.05, 0.1) is 6.10 Å². The zero-order chi connectivity index (χ0) is 20.3. The summed E-state index contributed by atoms with van der Waals surface area (Å²) in [5, 5.41) is 3.44. The molecule has 150 valence electrons. The quantitative estimate of drug-likeness (QED) is 0.722. The molecule has 0 fully saturated rings. The van der Waals surface area contributed by atoms with Crippen molar-refractivity contribution in [2.24, 2.45) is 0 Å². The van der Waals surface area contributed by atoms with E-state index in [4.69, 9.17) is 14.2 Å². The molecule has 3 rings (SSSR count). The van der Waals surface area contributed by atoms with Crippen LogP contribution in [0.2, 0.25) is 0 Å². The average molecular weight is 383 g/mol. The number of ether oxygens (including phenoxy) is 3. The summed E-state index contributed by atoms with van der Waals surface area (Å²) in [6.45, 7) is 9.92. The fourth-order valence-electron chi connectivity index (χ4n) is 3.46. The van der Waals surface area contributed by atoms with Crippen LogP contribution in [0.5, 0.6) is 5.75 Å². The maximum Gasteiger partial charge on any atom is 0.303 e. The monoisotopic (exact) mass is 383 g/mol. The summed E-state index contributed by atoms with van der Waals surface area (Å²) in [6, 6.07) is 16.2. The van der Waals surface area contributed by atoms with Crippen molar-refractivity contribution in [1.29, 1.82) is 0 Å². The molecule has 1 aliphatic rings. The number of carbonyl (C=O) groups is 1. The first-order valence-electron chi connectivity index (χ1n) is 9.69. The van der Waals surface area contributed by atoms with Crippen LogP contribution in [0.3, 0.4) is 0 Å². The Morgan fingerprint density at radius 3 is 2.54 bits per heavy atom. The number of hydrogen-bond donors (Lipinski definition) is 1. The molecule has 2 atom stereocenters. The molecule has 0 spiro atoms. The molecule has 1 N–H and O–H groups in total. The molecule has 0 saturated carbocycles. The minimum Gasteiger partial charge on any atom is -0.483 e. The number of rotatable bonds is 6. The van der Waals surface area contributed by atoms with Gasteiger partial charge in [0, 0.05) is 24.7 Å². The molecule has 0 bridgehead atoms. The molecule has 2 unspecified atom stereocenters. The third kappa shape index (κ3) is 4.65. The van der Waals surface area contributed by atoms with E-state index in [0.717, 1.165) is 23.5 Å². The molecule has 2 aromatic rings. The van der Waals surface area contributed by atoms with Gasteiger partial charge >= 0.3 is 5.97 Å². The van der Waals surface area contributed by atoms with Crippen molar-refractivity contribution >= 4 is 11.7 Å². The van der Waals surface area contributed by atoms with E-state index in [1.54, 1.807) is 0 Å². The lowest BCUT2D eigenvalue weighted by Crippen LogP contribution is -2.52. The van der Waals surface area contributed by atoms with Gasteiger partial charge in [0.1, 0.15) is 17.5 Å². The van der Waals surface area contributed by atoms with Gasteiger partial charge in [-0.1, -0.05) is 30.3 Å². The van der Waals surface area contributed by atoms with Crippen molar-refractivity contribution in [2.45, 2.75) is 65.1 Å². The van der Waals surface area contributed by atoms with E-state index in [9.17, 15) is 4.79 Å². The predicted molar refractivity (Wildman–Crippen MR) is 109 cm³/mol. The predicted octanol–water partition coefficient (Wildman–Crippen LogP) is 4.87. The summed E-state index contributed by atoms with van der Waals surface area (Å²) in [5.74, 6) is 0.408. The van der Waals surface area contributed by atoms with Crippen LogP contribution in [0, 0.1) is 0 Å². The molecule has 0 saturated heterocycles. The summed E-state index contributed by atoms with van der Waals surface area (Å²) in [4.78, 5) is 11.7. The standard InChI is InChI=1S/C23H29NO4/c1-15(2)26-21-19-13-18(24-14-17-9-7-6-8-10-17)11-12-20(19)28-23(4,5)22(21)27-16(3)25/h6-13,15,21-22,24H,14H2,1-5H3. The lowest BCUT2D eigenvalue weighted by molar-refractivity contribution is -0.187. The van der Waals surface area contributed by atoms with Gasteiger partial charge in [-0.15, -0.1) is 0 Å². The van der Waals surface area contributed by atoms with Gasteiger partial charge in [-0.3, -0.25) is 4.79 Å². The second-order valence-corrected chi connectivity index (χ2v) is 7.93. The molecular weight excluding hydrogens is 354 g/mol. The minimum absolute atomic E-state index is 0.0225. The summed E-state index contributed by atoms with van der Waals surface area (Å²) >= 11 is 0. The van der Waals surface area contributed by atoms with Crippen LogP contribution < -0.4 is 10.1 Å². The Kier molecular flexibility index (Phi) is 5.94. The Morgan fingerprint density at radius 2 is 1.89 bits per heavy atom. The van der Waals surface area contributed by atoms with Gasteiger partial charge in [0.25, 0.3) is 0 Å². The van der Waals surface area contributed by atoms with Crippen LogP contribution in [-0.2, 0) is 20.8 Å². The maximum absolute atomic E-state index is 11.7. The van der Waals surface area contributed by atoms with Crippen LogP contribution in [0.15, 0.2) is 48.5 Å². The van der Waals surface area contributed by atoms with E-state index < -0.39 is 17.8 Å². The van der Waals surface area contributed by atoms with E-state index in [0.29, 0.717) is 0 Å². The highest BCUT2D eigenvalue weighted by atomic mass is 16.6. The SMILES string of the molecule is CC(=O)OC1C(OC(C)C)c2cc(NCc3ccccc3)ccc2OC1(C)C. The van der Waals surface area contributed by atoms with Crippen molar-refractivity contribution < 1.29 is 19.0 Å². The zero-order valence-electron chi connectivity index (χ0n) is 17.2. The first kappa shape index (κ1) is 20.2. The Labute approximate surface area is 167 Å². The highest BCUT2D eigenvalue weighted by molar-refractivity contribution is 5.66. The van der Waals surface area contributed by atoms with Gasteiger partial charge in [-0.25, -0.2) is 0 Å².